The van der Waals surface area contributed by atoms with Crippen molar-refractivity contribution in [3.8, 4) is 0 Å². The van der Waals surface area contributed by atoms with Gasteiger partial charge in [-0.1, -0.05) is 19.1 Å². The molecule has 144 valence electrons. The minimum Gasteiger partial charge on any atom is -0.371 e. The molecule has 0 amide bonds. The Bertz CT molecular complexity index is 896. The predicted molar refractivity (Wildman–Crippen MR) is 104 cm³/mol. The van der Waals surface area contributed by atoms with Gasteiger partial charge in [-0.3, -0.25) is 10.1 Å². The quantitative estimate of drug-likeness (QED) is 0.604. The summed E-state index contributed by atoms with van der Waals surface area (Å²) in [6, 6.07) is 12.7. The number of nitro groups is 1. The van der Waals surface area contributed by atoms with Crippen molar-refractivity contribution < 1.29 is 13.3 Å². The molecule has 1 saturated heterocycles. The lowest BCUT2D eigenvalue weighted by Gasteiger charge is -2.32. The zero-order valence-electron chi connectivity index (χ0n) is 15.2. The van der Waals surface area contributed by atoms with Crippen molar-refractivity contribution in [3.63, 3.8) is 0 Å². The molecule has 3 rings (SSSR count). The van der Waals surface area contributed by atoms with E-state index in [0.717, 1.165) is 24.3 Å². The third kappa shape index (κ3) is 4.84. The largest absolute Gasteiger partial charge is 0.371 e. The monoisotopic (exact) mass is 389 g/mol. The average Bonchev–Trinajstić information content (AvgIpc) is 2.67. The summed E-state index contributed by atoms with van der Waals surface area (Å²) >= 11 is 0. The summed E-state index contributed by atoms with van der Waals surface area (Å²) < 4.78 is 27.2. The molecule has 1 fully saturated rings. The van der Waals surface area contributed by atoms with Gasteiger partial charge in [-0.05, 0) is 48.6 Å². The Balaban J connectivity index is 1.62. The number of piperidine rings is 1. The molecule has 0 bridgehead atoms. The van der Waals surface area contributed by atoms with Crippen LogP contribution in [-0.2, 0) is 16.6 Å². The zero-order valence-corrected chi connectivity index (χ0v) is 16.0. The first-order valence-corrected chi connectivity index (χ1v) is 10.4. The average molecular weight is 389 g/mol. The fraction of sp³-hybridized carbons (Fsp3) is 0.368. The number of hydrogen-bond donors (Lipinski definition) is 1. The van der Waals surface area contributed by atoms with Gasteiger partial charge < -0.3 is 4.90 Å². The van der Waals surface area contributed by atoms with Gasteiger partial charge in [0.25, 0.3) is 5.69 Å². The second-order valence-corrected chi connectivity index (χ2v) is 8.70. The lowest BCUT2D eigenvalue weighted by atomic mass is 9.99. The van der Waals surface area contributed by atoms with Crippen molar-refractivity contribution in [2.24, 2.45) is 5.92 Å². The Morgan fingerprint density at radius 3 is 2.41 bits per heavy atom. The van der Waals surface area contributed by atoms with Gasteiger partial charge in [0.1, 0.15) is 0 Å². The molecular weight excluding hydrogens is 366 g/mol. The van der Waals surface area contributed by atoms with E-state index in [1.807, 2.05) is 24.3 Å². The summed E-state index contributed by atoms with van der Waals surface area (Å²) in [7, 11) is -3.72. The molecule has 27 heavy (non-hydrogen) atoms. The molecule has 1 heterocycles. The number of nitro benzene ring substituents is 1. The first-order valence-electron chi connectivity index (χ1n) is 8.93. The first-order chi connectivity index (χ1) is 12.8. The van der Waals surface area contributed by atoms with Crippen LogP contribution in [0.3, 0.4) is 0 Å². The number of anilines is 1. The van der Waals surface area contributed by atoms with Crippen molar-refractivity contribution in [3.05, 3.63) is 64.2 Å². The van der Waals surface area contributed by atoms with E-state index < -0.39 is 14.9 Å². The van der Waals surface area contributed by atoms with Gasteiger partial charge in [0.15, 0.2) is 0 Å². The van der Waals surface area contributed by atoms with E-state index >= 15 is 0 Å². The highest BCUT2D eigenvalue weighted by Gasteiger charge is 2.17. The summed E-state index contributed by atoms with van der Waals surface area (Å²) in [4.78, 5) is 12.5. The van der Waals surface area contributed by atoms with E-state index in [9.17, 15) is 18.5 Å². The smallest absolute Gasteiger partial charge is 0.269 e. The number of nitrogens with one attached hydrogen (secondary N) is 1. The van der Waals surface area contributed by atoms with Crippen LogP contribution in [0.15, 0.2) is 53.4 Å². The van der Waals surface area contributed by atoms with Crippen molar-refractivity contribution in [1.29, 1.82) is 0 Å². The third-order valence-electron chi connectivity index (χ3n) is 4.78. The number of benzene rings is 2. The summed E-state index contributed by atoms with van der Waals surface area (Å²) in [6.45, 7) is 4.52. The summed E-state index contributed by atoms with van der Waals surface area (Å²) in [5, 5.41) is 10.7. The van der Waals surface area contributed by atoms with E-state index in [-0.39, 0.29) is 17.1 Å². The van der Waals surface area contributed by atoms with Crippen LogP contribution in [0, 0.1) is 16.0 Å². The van der Waals surface area contributed by atoms with Crippen LogP contribution >= 0.6 is 0 Å². The Kier molecular flexibility index (Phi) is 5.76. The molecule has 7 nitrogen and oxygen atoms in total. The van der Waals surface area contributed by atoms with E-state index in [4.69, 9.17) is 0 Å². The van der Waals surface area contributed by atoms with E-state index in [0.29, 0.717) is 5.92 Å². The number of nitrogens with zero attached hydrogens (tertiary/aromatic N) is 2. The molecule has 1 aliphatic rings. The minimum atomic E-state index is -3.72. The molecule has 1 unspecified atom stereocenters. The molecule has 0 spiro atoms. The van der Waals surface area contributed by atoms with Crippen molar-refractivity contribution in [1.82, 2.24) is 4.72 Å². The molecule has 8 heteroatoms. The fourth-order valence-electron chi connectivity index (χ4n) is 3.26. The highest BCUT2D eigenvalue weighted by Crippen LogP contribution is 2.23. The van der Waals surface area contributed by atoms with Crippen molar-refractivity contribution in [2.75, 3.05) is 18.0 Å². The van der Waals surface area contributed by atoms with Gasteiger partial charge in [0.05, 0.1) is 9.82 Å². The summed E-state index contributed by atoms with van der Waals surface area (Å²) in [5.74, 6) is 0.687. The number of rotatable bonds is 6. The molecule has 0 saturated carbocycles. The van der Waals surface area contributed by atoms with Crippen LogP contribution in [0.5, 0.6) is 0 Å². The summed E-state index contributed by atoms with van der Waals surface area (Å²) in [6.07, 6.45) is 2.46. The normalized spacial score (nSPS) is 17.7. The predicted octanol–water partition coefficient (Wildman–Crippen LogP) is 3.31. The van der Waals surface area contributed by atoms with Crippen LogP contribution in [-0.4, -0.2) is 26.4 Å². The lowest BCUT2D eigenvalue weighted by molar-refractivity contribution is -0.384. The van der Waals surface area contributed by atoms with Crippen molar-refractivity contribution >= 4 is 21.4 Å². The second kappa shape index (κ2) is 8.06. The van der Waals surface area contributed by atoms with Gasteiger partial charge in [0.2, 0.25) is 10.0 Å². The maximum atomic E-state index is 12.3. The fourth-order valence-corrected chi connectivity index (χ4v) is 4.27. The van der Waals surface area contributed by atoms with Crippen LogP contribution in [0.1, 0.15) is 25.3 Å². The third-order valence-corrected chi connectivity index (χ3v) is 6.20. The van der Waals surface area contributed by atoms with Crippen LogP contribution in [0.25, 0.3) is 0 Å². The van der Waals surface area contributed by atoms with Crippen LogP contribution < -0.4 is 9.62 Å². The lowest BCUT2D eigenvalue weighted by Crippen LogP contribution is -2.34. The Labute approximate surface area is 159 Å². The van der Waals surface area contributed by atoms with Crippen LogP contribution in [0.2, 0.25) is 0 Å². The molecule has 1 aliphatic heterocycles. The standard InChI is InChI=1S/C19H23N3O4S/c1-15-3-2-12-21(14-15)17-6-4-16(5-7-17)13-20-27(25,26)19-10-8-18(9-11-19)22(23)24/h4-11,15,20H,2-3,12-14H2,1H3. The Morgan fingerprint density at radius 2 is 1.81 bits per heavy atom. The summed E-state index contributed by atoms with van der Waals surface area (Å²) in [5.41, 5.74) is 1.87. The van der Waals surface area contributed by atoms with E-state index in [2.05, 4.69) is 16.5 Å². The van der Waals surface area contributed by atoms with Gasteiger partial charge in [-0.25, -0.2) is 13.1 Å². The van der Waals surface area contributed by atoms with E-state index in [1.54, 1.807) is 0 Å². The topological polar surface area (TPSA) is 92.6 Å². The number of sulfonamides is 1. The molecular formula is C19H23N3O4S. The first kappa shape index (κ1) is 19.3. The minimum absolute atomic E-state index is 0.00650. The molecule has 1 atom stereocenters. The highest BCUT2D eigenvalue weighted by molar-refractivity contribution is 7.89. The highest BCUT2D eigenvalue weighted by atomic mass is 32.2. The number of non-ortho nitro benzene ring substituents is 1. The number of hydrogen-bond acceptors (Lipinski definition) is 5. The molecule has 0 aliphatic carbocycles. The maximum Gasteiger partial charge on any atom is 0.269 e. The van der Waals surface area contributed by atoms with Gasteiger partial charge in [-0.2, -0.15) is 0 Å². The van der Waals surface area contributed by atoms with Crippen molar-refractivity contribution in [2.45, 2.75) is 31.2 Å². The van der Waals surface area contributed by atoms with Gasteiger partial charge >= 0.3 is 0 Å². The maximum absolute atomic E-state index is 12.3. The van der Waals surface area contributed by atoms with Crippen LogP contribution in [0.4, 0.5) is 11.4 Å². The van der Waals surface area contributed by atoms with Gasteiger partial charge in [-0.15, -0.1) is 0 Å². The second-order valence-electron chi connectivity index (χ2n) is 6.94. The molecule has 0 radical (unpaired) electrons. The molecule has 2 aromatic rings. The van der Waals surface area contributed by atoms with E-state index in [1.165, 1.54) is 37.1 Å². The molecule has 2 aromatic carbocycles. The van der Waals surface area contributed by atoms with Gasteiger partial charge in [0, 0.05) is 37.5 Å². The molecule has 1 N–H and O–H groups in total. The Hall–Kier alpha value is -2.45. The Morgan fingerprint density at radius 1 is 1.15 bits per heavy atom. The molecule has 0 aromatic heterocycles. The zero-order chi connectivity index (χ0) is 19.4. The SMILES string of the molecule is CC1CCCN(c2ccc(CNS(=O)(=O)c3ccc([N+](=O)[O-])cc3)cc2)C1.